The first kappa shape index (κ1) is 14.7. The van der Waals surface area contributed by atoms with Crippen molar-refractivity contribution in [1.82, 2.24) is 4.98 Å². The van der Waals surface area contributed by atoms with Crippen LogP contribution in [0.4, 0.5) is 0 Å². The summed E-state index contributed by atoms with van der Waals surface area (Å²) in [5.41, 5.74) is 3.02. The highest BCUT2D eigenvalue weighted by molar-refractivity contribution is 6.10. The summed E-state index contributed by atoms with van der Waals surface area (Å²) in [6.07, 6.45) is 0.731. The fraction of sp³-hybridized carbons (Fsp3) is 0.235. The predicted octanol–water partition coefficient (Wildman–Crippen LogP) is 3.06. The van der Waals surface area contributed by atoms with E-state index in [2.05, 4.69) is 4.98 Å². The lowest BCUT2D eigenvalue weighted by molar-refractivity contribution is 0.103. The third-order valence-electron chi connectivity index (χ3n) is 3.33. The van der Waals surface area contributed by atoms with Gasteiger partial charge in [0, 0.05) is 16.7 Å². The highest BCUT2D eigenvalue weighted by Crippen LogP contribution is 2.22. The van der Waals surface area contributed by atoms with Crippen molar-refractivity contribution in [3.05, 3.63) is 58.3 Å². The highest BCUT2D eigenvalue weighted by Gasteiger charge is 2.16. The van der Waals surface area contributed by atoms with Crippen LogP contribution in [-0.4, -0.2) is 17.9 Å². The first-order valence-electron chi connectivity index (χ1n) is 6.70. The van der Waals surface area contributed by atoms with Crippen molar-refractivity contribution >= 4 is 5.78 Å². The van der Waals surface area contributed by atoms with Crippen LogP contribution in [0.1, 0.15) is 39.7 Å². The Morgan fingerprint density at radius 2 is 2.14 bits per heavy atom. The number of nitrogens with zero attached hydrogens (tertiary/aromatic N) is 2. The summed E-state index contributed by atoms with van der Waals surface area (Å²) >= 11 is 0. The van der Waals surface area contributed by atoms with Gasteiger partial charge in [-0.1, -0.05) is 19.1 Å². The number of ether oxygens (including phenoxy) is 1. The van der Waals surface area contributed by atoms with Crippen molar-refractivity contribution in [2.75, 3.05) is 7.11 Å². The second kappa shape index (κ2) is 6.19. The molecule has 0 saturated carbocycles. The van der Waals surface area contributed by atoms with E-state index in [0.29, 0.717) is 28.3 Å². The molecule has 1 aromatic carbocycles. The topological polar surface area (TPSA) is 63.0 Å². The molecule has 0 amide bonds. The molecule has 0 aliphatic rings. The third-order valence-corrected chi connectivity index (χ3v) is 3.33. The van der Waals surface area contributed by atoms with E-state index >= 15 is 0 Å². The number of nitriles is 1. The van der Waals surface area contributed by atoms with Gasteiger partial charge >= 0.3 is 0 Å². The number of pyridine rings is 1. The zero-order chi connectivity index (χ0) is 15.4. The van der Waals surface area contributed by atoms with Gasteiger partial charge in [-0.3, -0.25) is 4.79 Å². The lowest BCUT2D eigenvalue weighted by atomic mass is 9.98. The first-order valence-corrected chi connectivity index (χ1v) is 6.70. The average molecular weight is 280 g/mol. The fourth-order valence-corrected chi connectivity index (χ4v) is 2.17. The maximum Gasteiger partial charge on any atom is 0.216 e. The molecule has 0 bridgehead atoms. The molecule has 4 nitrogen and oxygen atoms in total. The molecule has 1 heterocycles. The van der Waals surface area contributed by atoms with Crippen LogP contribution in [0.3, 0.4) is 0 Å². The van der Waals surface area contributed by atoms with Crippen LogP contribution >= 0.6 is 0 Å². The Kier molecular flexibility index (Phi) is 4.34. The van der Waals surface area contributed by atoms with E-state index in [1.54, 1.807) is 38.3 Å². The number of carbonyl (C=O) groups is 1. The van der Waals surface area contributed by atoms with E-state index in [0.717, 1.165) is 12.0 Å². The molecule has 0 fully saturated rings. The average Bonchev–Trinajstić information content (AvgIpc) is 2.53. The van der Waals surface area contributed by atoms with Gasteiger partial charge in [-0.2, -0.15) is 5.26 Å². The Hall–Kier alpha value is -2.67. The molecule has 0 atom stereocenters. The summed E-state index contributed by atoms with van der Waals surface area (Å²) in [5, 5.41) is 8.93. The molecule has 0 spiro atoms. The lowest BCUT2D eigenvalue weighted by Gasteiger charge is -2.11. The number of ketones is 1. The number of aromatic nitrogens is 1. The van der Waals surface area contributed by atoms with Gasteiger partial charge in [0.25, 0.3) is 0 Å². The minimum atomic E-state index is -0.130. The van der Waals surface area contributed by atoms with E-state index in [4.69, 9.17) is 10.00 Å². The van der Waals surface area contributed by atoms with Crippen molar-refractivity contribution in [2.45, 2.75) is 20.3 Å². The Balaban J connectivity index is 2.50. The standard InChI is InChI=1S/C17H16N2O2/c1-4-13-9-15(11(2)19-17(13)21-3)16(20)14-7-5-6-12(8-14)10-18/h5-9H,4H2,1-3H3. The van der Waals surface area contributed by atoms with Gasteiger partial charge in [0.05, 0.1) is 24.4 Å². The van der Waals surface area contributed by atoms with Gasteiger partial charge in [-0.25, -0.2) is 4.98 Å². The number of aryl methyl sites for hydroxylation is 2. The van der Waals surface area contributed by atoms with Crippen molar-refractivity contribution < 1.29 is 9.53 Å². The van der Waals surface area contributed by atoms with Gasteiger partial charge < -0.3 is 4.74 Å². The Morgan fingerprint density at radius 3 is 2.76 bits per heavy atom. The molecule has 0 N–H and O–H groups in total. The van der Waals surface area contributed by atoms with E-state index in [1.165, 1.54) is 0 Å². The largest absolute Gasteiger partial charge is 0.481 e. The van der Waals surface area contributed by atoms with Crippen LogP contribution in [-0.2, 0) is 6.42 Å². The van der Waals surface area contributed by atoms with Crippen LogP contribution in [0.25, 0.3) is 0 Å². The molecule has 0 saturated heterocycles. The summed E-state index contributed by atoms with van der Waals surface area (Å²) < 4.78 is 5.23. The number of benzene rings is 1. The SMILES string of the molecule is CCc1cc(C(=O)c2cccc(C#N)c2)c(C)nc1OC. The van der Waals surface area contributed by atoms with E-state index in [9.17, 15) is 4.79 Å². The molecule has 2 aromatic rings. The maximum atomic E-state index is 12.6. The minimum absolute atomic E-state index is 0.130. The normalized spacial score (nSPS) is 10.0. The number of hydrogen-bond donors (Lipinski definition) is 0. The summed E-state index contributed by atoms with van der Waals surface area (Å²) in [4.78, 5) is 17.0. The maximum absolute atomic E-state index is 12.6. The van der Waals surface area contributed by atoms with Gasteiger partial charge in [-0.15, -0.1) is 0 Å². The van der Waals surface area contributed by atoms with Crippen LogP contribution in [0, 0.1) is 18.3 Å². The van der Waals surface area contributed by atoms with Gasteiger partial charge in [0.2, 0.25) is 5.88 Å². The Bertz CT molecular complexity index is 730. The second-order valence-corrected chi connectivity index (χ2v) is 4.67. The van der Waals surface area contributed by atoms with Crippen LogP contribution in [0.15, 0.2) is 30.3 Å². The molecule has 0 unspecified atom stereocenters. The molecule has 0 aliphatic carbocycles. The Labute approximate surface area is 124 Å². The van der Waals surface area contributed by atoms with E-state index in [-0.39, 0.29) is 5.78 Å². The molecule has 1 aromatic heterocycles. The van der Waals surface area contributed by atoms with Crippen LogP contribution < -0.4 is 4.74 Å². The molecule has 106 valence electrons. The number of hydrogen-bond acceptors (Lipinski definition) is 4. The van der Waals surface area contributed by atoms with Crippen molar-refractivity contribution in [3.63, 3.8) is 0 Å². The van der Waals surface area contributed by atoms with E-state index < -0.39 is 0 Å². The summed E-state index contributed by atoms with van der Waals surface area (Å²) in [7, 11) is 1.57. The van der Waals surface area contributed by atoms with Crippen molar-refractivity contribution in [1.29, 1.82) is 5.26 Å². The molecule has 21 heavy (non-hydrogen) atoms. The number of methoxy groups -OCH3 is 1. The first-order chi connectivity index (χ1) is 10.1. The number of rotatable bonds is 4. The summed E-state index contributed by atoms with van der Waals surface area (Å²) in [6.45, 7) is 3.77. The Morgan fingerprint density at radius 1 is 1.38 bits per heavy atom. The van der Waals surface area contributed by atoms with Crippen molar-refractivity contribution in [2.24, 2.45) is 0 Å². The smallest absolute Gasteiger partial charge is 0.216 e. The quantitative estimate of drug-likeness (QED) is 0.807. The lowest BCUT2D eigenvalue weighted by Crippen LogP contribution is -2.08. The predicted molar refractivity (Wildman–Crippen MR) is 79.5 cm³/mol. The van der Waals surface area contributed by atoms with Gasteiger partial charge in [-0.05, 0) is 31.5 Å². The summed E-state index contributed by atoms with van der Waals surface area (Å²) in [6, 6.07) is 10.5. The fourth-order valence-electron chi connectivity index (χ4n) is 2.17. The second-order valence-electron chi connectivity index (χ2n) is 4.67. The van der Waals surface area contributed by atoms with E-state index in [1.807, 2.05) is 19.1 Å². The molecule has 0 radical (unpaired) electrons. The van der Waals surface area contributed by atoms with Crippen LogP contribution in [0.2, 0.25) is 0 Å². The zero-order valence-corrected chi connectivity index (χ0v) is 12.3. The molecule has 4 heteroatoms. The summed E-state index contributed by atoms with van der Waals surface area (Å²) in [5.74, 6) is 0.423. The molecular weight excluding hydrogens is 264 g/mol. The molecular formula is C17H16N2O2. The molecule has 2 rings (SSSR count). The van der Waals surface area contributed by atoms with Gasteiger partial charge in [0.1, 0.15) is 0 Å². The van der Waals surface area contributed by atoms with Crippen molar-refractivity contribution in [3.8, 4) is 11.9 Å². The molecule has 0 aliphatic heterocycles. The number of carbonyl (C=O) groups excluding carboxylic acids is 1. The minimum Gasteiger partial charge on any atom is -0.481 e. The third kappa shape index (κ3) is 2.92. The highest BCUT2D eigenvalue weighted by atomic mass is 16.5. The van der Waals surface area contributed by atoms with Crippen LogP contribution in [0.5, 0.6) is 5.88 Å². The van der Waals surface area contributed by atoms with Gasteiger partial charge in [0.15, 0.2) is 5.78 Å². The monoisotopic (exact) mass is 280 g/mol. The zero-order valence-electron chi connectivity index (χ0n) is 12.3.